The molecule has 1 unspecified atom stereocenters. The van der Waals surface area contributed by atoms with Gasteiger partial charge in [-0.15, -0.1) is 0 Å². The predicted octanol–water partition coefficient (Wildman–Crippen LogP) is -0.402. The largest absolute Gasteiger partial charge is 0.768 e. The Morgan fingerprint density at radius 1 is 1.33 bits per heavy atom. The lowest BCUT2D eigenvalue weighted by atomic mass is 9.79. The molecule has 0 aromatic heterocycles. The second-order valence-corrected chi connectivity index (χ2v) is 5.12. The van der Waals surface area contributed by atoms with Gasteiger partial charge in [-0.2, -0.15) is 0 Å². The lowest BCUT2D eigenvalue weighted by Gasteiger charge is -2.24. The molecule has 7 heteroatoms. The summed E-state index contributed by atoms with van der Waals surface area (Å²) in [6.45, 7) is 2.80. The summed E-state index contributed by atoms with van der Waals surface area (Å²) in [7, 11) is 1.52. The molecule has 0 bridgehead atoms. The van der Waals surface area contributed by atoms with E-state index in [1.807, 2.05) is 13.1 Å². The maximum Gasteiger partial charge on any atom is 0.493 e. The molecule has 0 spiro atoms. The number of benzene rings is 1. The summed E-state index contributed by atoms with van der Waals surface area (Å²) < 4.78 is 33.0. The SMILES string of the molecule is CN1CCOB(c2cccc(S(=O)[O-])c2)OCC1. The molecule has 0 amide bonds. The quantitative estimate of drug-likeness (QED) is 0.539. The van der Waals surface area contributed by atoms with Crippen molar-refractivity contribution in [2.45, 2.75) is 4.90 Å². The summed E-state index contributed by atoms with van der Waals surface area (Å²) in [5, 5.41) is 0. The molecule has 1 fully saturated rings. The van der Waals surface area contributed by atoms with E-state index >= 15 is 0 Å². The molecule has 1 saturated heterocycles. The minimum absolute atomic E-state index is 0.249. The van der Waals surface area contributed by atoms with Crippen LogP contribution >= 0.6 is 0 Å². The third-order valence-electron chi connectivity index (χ3n) is 2.81. The van der Waals surface area contributed by atoms with Gasteiger partial charge < -0.3 is 18.8 Å². The summed E-state index contributed by atoms with van der Waals surface area (Å²) in [6.07, 6.45) is 0. The summed E-state index contributed by atoms with van der Waals surface area (Å²) in [4.78, 5) is 2.37. The molecule has 1 aromatic carbocycles. The zero-order valence-electron chi connectivity index (χ0n) is 10.2. The Morgan fingerprint density at radius 2 is 2.00 bits per heavy atom. The van der Waals surface area contributed by atoms with Gasteiger partial charge in [0.15, 0.2) is 0 Å². The van der Waals surface area contributed by atoms with Gasteiger partial charge in [-0.1, -0.05) is 12.1 Å². The summed E-state index contributed by atoms with van der Waals surface area (Å²) in [6, 6.07) is 6.63. The van der Waals surface area contributed by atoms with Crippen LogP contribution in [0.2, 0.25) is 0 Å². The van der Waals surface area contributed by atoms with Crippen LogP contribution in [0.5, 0.6) is 0 Å². The van der Waals surface area contributed by atoms with E-state index in [9.17, 15) is 8.76 Å². The molecule has 0 aliphatic carbocycles. The minimum Gasteiger partial charge on any atom is -0.768 e. The van der Waals surface area contributed by atoms with Gasteiger partial charge in [-0.05, 0) is 35.7 Å². The van der Waals surface area contributed by atoms with E-state index in [2.05, 4.69) is 4.90 Å². The number of hydrogen-bond acceptors (Lipinski definition) is 5. The molecule has 1 aliphatic rings. The van der Waals surface area contributed by atoms with Crippen LogP contribution in [0.15, 0.2) is 29.2 Å². The van der Waals surface area contributed by atoms with Gasteiger partial charge >= 0.3 is 7.12 Å². The smallest absolute Gasteiger partial charge is 0.493 e. The molecule has 1 atom stereocenters. The van der Waals surface area contributed by atoms with E-state index < -0.39 is 18.2 Å². The van der Waals surface area contributed by atoms with E-state index in [0.29, 0.717) is 13.2 Å². The van der Waals surface area contributed by atoms with Gasteiger partial charge in [0, 0.05) is 31.2 Å². The first kappa shape index (κ1) is 13.7. The van der Waals surface area contributed by atoms with Gasteiger partial charge in [0.2, 0.25) is 0 Å². The van der Waals surface area contributed by atoms with E-state index in [4.69, 9.17) is 9.31 Å². The summed E-state index contributed by atoms with van der Waals surface area (Å²) >= 11 is -2.23. The van der Waals surface area contributed by atoms with Crippen LogP contribution in [0, 0.1) is 0 Å². The molecule has 5 nitrogen and oxygen atoms in total. The number of likely N-dealkylation sites (N-methyl/N-ethyl adjacent to an activating group) is 1. The monoisotopic (exact) mass is 268 g/mol. The van der Waals surface area contributed by atoms with E-state index in [1.54, 1.807) is 18.2 Å². The second-order valence-electron chi connectivity index (χ2n) is 4.18. The Hall–Kier alpha value is -0.725. The van der Waals surface area contributed by atoms with Crippen molar-refractivity contribution in [3.05, 3.63) is 24.3 Å². The van der Waals surface area contributed by atoms with Gasteiger partial charge in [0.25, 0.3) is 0 Å². The molecule has 98 valence electrons. The molecular formula is C11H15BNO4S-. The highest BCUT2D eigenvalue weighted by Gasteiger charge is 2.23. The van der Waals surface area contributed by atoms with Crippen molar-refractivity contribution >= 4 is 23.7 Å². The Morgan fingerprint density at radius 3 is 2.61 bits per heavy atom. The molecule has 0 radical (unpaired) electrons. The fourth-order valence-corrected chi connectivity index (χ4v) is 2.17. The lowest BCUT2D eigenvalue weighted by Crippen LogP contribution is -2.43. The van der Waals surface area contributed by atoms with Crippen molar-refractivity contribution in [2.24, 2.45) is 0 Å². The van der Waals surface area contributed by atoms with E-state index in [0.717, 1.165) is 18.6 Å². The average Bonchev–Trinajstić information content (AvgIpc) is 2.34. The Balaban J connectivity index is 2.10. The van der Waals surface area contributed by atoms with Gasteiger partial charge in [-0.3, -0.25) is 4.21 Å². The summed E-state index contributed by atoms with van der Waals surface area (Å²) in [5.41, 5.74) is 0.737. The topological polar surface area (TPSA) is 61.8 Å². The third kappa shape index (κ3) is 3.63. The summed E-state index contributed by atoms with van der Waals surface area (Å²) in [5.74, 6) is 0. The first-order valence-corrected chi connectivity index (χ1v) is 6.85. The molecule has 18 heavy (non-hydrogen) atoms. The third-order valence-corrected chi connectivity index (χ3v) is 3.45. The first-order chi connectivity index (χ1) is 8.66. The fourth-order valence-electron chi connectivity index (χ4n) is 1.75. The van der Waals surface area contributed by atoms with Crippen LogP contribution in [0.4, 0.5) is 0 Å². The molecule has 2 rings (SSSR count). The van der Waals surface area contributed by atoms with Crippen LogP contribution in [0.25, 0.3) is 0 Å². The minimum atomic E-state index is -2.23. The highest BCUT2D eigenvalue weighted by Crippen LogP contribution is 2.04. The highest BCUT2D eigenvalue weighted by atomic mass is 32.2. The van der Waals surface area contributed by atoms with Crippen LogP contribution < -0.4 is 5.46 Å². The maximum absolute atomic E-state index is 10.9. The van der Waals surface area contributed by atoms with Crippen molar-refractivity contribution in [2.75, 3.05) is 33.4 Å². The van der Waals surface area contributed by atoms with Crippen LogP contribution in [0.3, 0.4) is 0 Å². The van der Waals surface area contributed by atoms with Gasteiger partial charge in [0.05, 0.1) is 0 Å². The molecular weight excluding hydrogens is 253 g/mol. The first-order valence-electron chi connectivity index (χ1n) is 5.78. The van der Waals surface area contributed by atoms with Crippen molar-refractivity contribution in [3.8, 4) is 0 Å². The fraction of sp³-hybridized carbons (Fsp3) is 0.455. The molecule has 1 heterocycles. The molecule has 0 N–H and O–H groups in total. The number of nitrogens with zero attached hydrogens (tertiary/aromatic N) is 1. The second kappa shape index (κ2) is 6.44. The molecule has 1 aliphatic heterocycles. The van der Waals surface area contributed by atoms with Crippen molar-refractivity contribution in [1.82, 2.24) is 4.90 Å². The number of hydrogen-bond donors (Lipinski definition) is 0. The van der Waals surface area contributed by atoms with Crippen LogP contribution in [-0.4, -0.2) is 54.1 Å². The Kier molecular flexibility index (Phi) is 4.90. The molecule has 0 saturated carbocycles. The normalized spacial score (nSPS) is 20.2. The highest BCUT2D eigenvalue weighted by molar-refractivity contribution is 7.79. The lowest BCUT2D eigenvalue weighted by molar-refractivity contribution is 0.132. The zero-order chi connectivity index (χ0) is 13.0. The number of rotatable bonds is 2. The van der Waals surface area contributed by atoms with Gasteiger partial charge in [-0.25, -0.2) is 0 Å². The Bertz CT molecular complexity index is 421. The maximum atomic E-state index is 10.9. The van der Waals surface area contributed by atoms with Gasteiger partial charge in [0.1, 0.15) is 0 Å². The predicted molar refractivity (Wildman–Crippen MR) is 68.4 cm³/mol. The standard InChI is InChI=1S/C11H16BNO4S/c1-13-5-7-16-12(17-8-6-13)10-3-2-4-11(9-10)18(14)15/h2-4,9H,5-8H2,1H3,(H,14,15)/p-1. The zero-order valence-corrected chi connectivity index (χ0v) is 11.0. The van der Waals surface area contributed by atoms with Crippen molar-refractivity contribution in [1.29, 1.82) is 0 Å². The van der Waals surface area contributed by atoms with Crippen LogP contribution in [-0.2, 0) is 20.4 Å². The van der Waals surface area contributed by atoms with E-state index in [1.165, 1.54) is 0 Å². The van der Waals surface area contributed by atoms with Crippen molar-refractivity contribution < 1.29 is 18.1 Å². The average molecular weight is 268 g/mol. The van der Waals surface area contributed by atoms with Crippen molar-refractivity contribution in [3.63, 3.8) is 0 Å². The molecule has 1 aromatic rings. The Labute approximate surface area is 110 Å². The van der Waals surface area contributed by atoms with Crippen LogP contribution in [0.1, 0.15) is 0 Å². The van der Waals surface area contributed by atoms with E-state index in [-0.39, 0.29) is 4.90 Å².